The predicted molar refractivity (Wildman–Crippen MR) is 90.9 cm³/mol. The molecule has 0 aromatic rings. The summed E-state index contributed by atoms with van der Waals surface area (Å²) in [6.07, 6.45) is 4.13. The first kappa shape index (κ1) is 17.9. The van der Waals surface area contributed by atoms with Crippen molar-refractivity contribution in [3.8, 4) is 0 Å². The van der Waals surface area contributed by atoms with Crippen molar-refractivity contribution in [3.63, 3.8) is 0 Å². The number of carbonyl (C=O) groups excluding carboxylic acids is 2. The van der Waals surface area contributed by atoms with Crippen molar-refractivity contribution < 1.29 is 9.59 Å². The van der Waals surface area contributed by atoms with Crippen LogP contribution in [-0.2, 0) is 9.59 Å². The molecule has 2 N–H and O–H groups in total. The maximum absolute atomic E-state index is 12.8. The number of hydrogen-bond donors (Lipinski definition) is 1. The monoisotopic (exact) mass is 347 g/mol. The molecule has 3 atom stereocenters. The lowest BCUT2D eigenvalue weighted by Gasteiger charge is -2.34. The summed E-state index contributed by atoms with van der Waals surface area (Å²) < 4.78 is 0. The van der Waals surface area contributed by atoms with E-state index in [1.54, 1.807) is 11.8 Å². The SMILES string of the molecule is CC1CC(CN)CN1C(=O)C1CSCN1C(=O)C1CCC1.Cl. The molecular formula is C15H26ClN3O2S. The third-order valence-electron chi connectivity index (χ3n) is 5.18. The van der Waals surface area contributed by atoms with Gasteiger partial charge in [0.05, 0.1) is 5.88 Å². The molecule has 1 saturated carbocycles. The van der Waals surface area contributed by atoms with Crippen LogP contribution >= 0.6 is 24.2 Å². The summed E-state index contributed by atoms with van der Waals surface area (Å²) in [5.74, 6) is 2.34. The van der Waals surface area contributed by atoms with Crippen LogP contribution in [0.25, 0.3) is 0 Å². The highest BCUT2D eigenvalue weighted by Crippen LogP contribution is 2.33. The van der Waals surface area contributed by atoms with Gasteiger partial charge in [-0.1, -0.05) is 6.42 Å². The molecule has 0 bridgehead atoms. The van der Waals surface area contributed by atoms with E-state index in [-0.39, 0.29) is 42.2 Å². The van der Waals surface area contributed by atoms with Crippen molar-refractivity contribution in [2.45, 2.75) is 44.7 Å². The summed E-state index contributed by atoms with van der Waals surface area (Å²) in [4.78, 5) is 29.1. The quantitative estimate of drug-likeness (QED) is 0.835. The minimum absolute atomic E-state index is 0. The Kier molecular flexibility index (Phi) is 6.02. The third-order valence-corrected chi connectivity index (χ3v) is 6.19. The second-order valence-electron chi connectivity index (χ2n) is 6.63. The average molecular weight is 348 g/mol. The third kappa shape index (κ3) is 3.24. The van der Waals surface area contributed by atoms with E-state index in [2.05, 4.69) is 6.92 Å². The van der Waals surface area contributed by atoms with Crippen LogP contribution in [0.15, 0.2) is 0 Å². The van der Waals surface area contributed by atoms with E-state index in [4.69, 9.17) is 5.73 Å². The molecule has 2 aliphatic heterocycles. The second-order valence-corrected chi connectivity index (χ2v) is 7.63. The number of amides is 2. The highest BCUT2D eigenvalue weighted by molar-refractivity contribution is 7.99. The van der Waals surface area contributed by atoms with E-state index in [0.717, 1.165) is 38.0 Å². The Hall–Kier alpha value is -0.460. The van der Waals surface area contributed by atoms with Gasteiger partial charge >= 0.3 is 0 Å². The van der Waals surface area contributed by atoms with Gasteiger partial charge in [-0.3, -0.25) is 9.59 Å². The summed E-state index contributed by atoms with van der Waals surface area (Å²) in [6, 6.07) is -0.000575. The van der Waals surface area contributed by atoms with Gasteiger partial charge in [-0.2, -0.15) is 0 Å². The van der Waals surface area contributed by atoms with Crippen LogP contribution in [-0.4, -0.2) is 58.4 Å². The van der Waals surface area contributed by atoms with Crippen molar-refractivity contribution in [1.29, 1.82) is 0 Å². The minimum Gasteiger partial charge on any atom is -0.338 e. The lowest BCUT2D eigenvalue weighted by molar-refractivity contribution is -0.147. The molecule has 1 aliphatic carbocycles. The number of thioether (sulfide) groups is 1. The molecule has 3 rings (SSSR count). The van der Waals surface area contributed by atoms with Crippen molar-refractivity contribution >= 4 is 36.0 Å². The summed E-state index contributed by atoms with van der Waals surface area (Å²) in [7, 11) is 0. The first-order valence-corrected chi connectivity index (χ1v) is 9.16. The molecule has 126 valence electrons. The van der Waals surface area contributed by atoms with Crippen molar-refractivity contribution in [2.24, 2.45) is 17.6 Å². The zero-order valence-corrected chi connectivity index (χ0v) is 14.7. The number of nitrogens with two attached hydrogens (primary N) is 1. The van der Waals surface area contributed by atoms with Gasteiger partial charge < -0.3 is 15.5 Å². The fourth-order valence-corrected chi connectivity index (χ4v) is 4.72. The van der Waals surface area contributed by atoms with Gasteiger partial charge in [0, 0.05) is 24.3 Å². The number of rotatable bonds is 3. The zero-order valence-electron chi connectivity index (χ0n) is 13.1. The number of likely N-dealkylation sites (tertiary alicyclic amines) is 1. The highest BCUT2D eigenvalue weighted by Gasteiger charge is 2.43. The Labute approximate surface area is 142 Å². The van der Waals surface area contributed by atoms with Gasteiger partial charge in [-0.05, 0) is 38.6 Å². The highest BCUT2D eigenvalue weighted by atomic mass is 35.5. The van der Waals surface area contributed by atoms with Crippen LogP contribution in [0.5, 0.6) is 0 Å². The molecule has 3 aliphatic rings. The maximum atomic E-state index is 12.8. The average Bonchev–Trinajstić information content (AvgIpc) is 3.02. The Morgan fingerprint density at radius 3 is 2.50 bits per heavy atom. The van der Waals surface area contributed by atoms with Crippen LogP contribution in [0.3, 0.4) is 0 Å². The van der Waals surface area contributed by atoms with E-state index in [1.165, 1.54) is 0 Å². The van der Waals surface area contributed by atoms with Crippen molar-refractivity contribution in [3.05, 3.63) is 0 Å². The largest absolute Gasteiger partial charge is 0.338 e. The molecule has 7 heteroatoms. The Balaban J connectivity index is 0.00000176. The fourth-order valence-electron chi connectivity index (χ4n) is 3.57. The van der Waals surface area contributed by atoms with Crippen LogP contribution < -0.4 is 5.73 Å². The molecule has 2 amide bonds. The maximum Gasteiger partial charge on any atom is 0.246 e. The standard InChI is InChI=1S/C15H25N3O2S.ClH/c1-10-5-11(6-16)7-17(10)15(20)13-8-21-9-18(13)14(19)12-3-2-4-12;/h10-13H,2-9,16H2,1H3;1H. The van der Waals surface area contributed by atoms with E-state index in [0.29, 0.717) is 18.3 Å². The van der Waals surface area contributed by atoms with Crippen LogP contribution in [0.2, 0.25) is 0 Å². The molecular weight excluding hydrogens is 322 g/mol. The predicted octanol–water partition coefficient (Wildman–Crippen LogP) is 1.31. The number of nitrogens with zero attached hydrogens (tertiary/aromatic N) is 2. The van der Waals surface area contributed by atoms with Crippen molar-refractivity contribution in [2.75, 3.05) is 24.7 Å². The molecule has 5 nitrogen and oxygen atoms in total. The molecule has 0 aromatic carbocycles. The molecule has 3 fully saturated rings. The zero-order chi connectivity index (χ0) is 15.0. The van der Waals surface area contributed by atoms with Gasteiger partial charge in [-0.25, -0.2) is 0 Å². The smallest absolute Gasteiger partial charge is 0.246 e. The molecule has 22 heavy (non-hydrogen) atoms. The molecule has 0 aromatic heterocycles. The van der Waals surface area contributed by atoms with Crippen LogP contribution in [0, 0.1) is 11.8 Å². The number of halogens is 1. The number of carbonyl (C=O) groups is 2. The fraction of sp³-hybridized carbons (Fsp3) is 0.867. The lowest BCUT2D eigenvalue weighted by Crippen LogP contribution is -2.52. The van der Waals surface area contributed by atoms with Gasteiger partial charge in [-0.15, -0.1) is 24.2 Å². The molecule has 0 spiro atoms. The lowest BCUT2D eigenvalue weighted by atomic mass is 9.84. The minimum atomic E-state index is -0.248. The van der Waals surface area contributed by atoms with Gasteiger partial charge in [0.25, 0.3) is 0 Å². The van der Waals surface area contributed by atoms with Crippen molar-refractivity contribution in [1.82, 2.24) is 9.80 Å². The molecule has 2 heterocycles. The van der Waals surface area contributed by atoms with E-state index in [9.17, 15) is 9.59 Å². The van der Waals surface area contributed by atoms with Crippen LogP contribution in [0.1, 0.15) is 32.6 Å². The summed E-state index contributed by atoms with van der Waals surface area (Å²) >= 11 is 1.70. The summed E-state index contributed by atoms with van der Waals surface area (Å²) in [6.45, 7) is 3.48. The second kappa shape index (κ2) is 7.41. The van der Waals surface area contributed by atoms with E-state index >= 15 is 0 Å². The molecule has 3 unspecified atom stereocenters. The van der Waals surface area contributed by atoms with E-state index in [1.807, 2.05) is 9.80 Å². The van der Waals surface area contributed by atoms with Gasteiger partial charge in [0.1, 0.15) is 6.04 Å². The first-order chi connectivity index (χ1) is 10.1. The normalized spacial score (nSPS) is 31.8. The Bertz CT molecular complexity index is 433. The van der Waals surface area contributed by atoms with E-state index < -0.39 is 0 Å². The van der Waals surface area contributed by atoms with Gasteiger partial charge in [0.2, 0.25) is 11.8 Å². The topological polar surface area (TPSA) is 66.6 Å². The number of hydrogen-bond acceptors (Lipinski definition) is 4. The van der Waals surface area contributed by atoms with Gasteiger partial charge in [0.15, 0.2) is 0 Å². The summed E-state index contributed by atoms with van der Waals surface area (Å²) in [5, 5.41) is 0. The summed E-state index contributed by atoms with van der Waals surface area (Å²) in [5.41, 5.74) is 5.75. The first-order valence-electron chi connectivity index (χ1n) is 8.00. The van der Waals surface area contributed by atoms with Crippen LogP contribution in [0.4, 0.5) is 0 Å². The Morgan fingerprint density at radius 1 is 1.23 bits per heavy atom. The molecule has 2 saturated heterocycles. The molecule has 0 radical (unpaired) electrons. The Morgan fingerprint density at radius 2 is 1.95 bits per heavy atom.